The number of carbonyl (C=O) groups excluding carboxylic acids is 2. The number of hydrogen-bond donors (Lipinski definition) is 0. The molecule has 0 bridgehead atoms. The first-order valence-electron chi connectivity index (χ1n) is 10.9. The molecule has 1 saturated carbocycles. The number of rotatable bonds is 7. The molecule has 0 aromatic heterocycles. The van der Waals surface area contributed by atoms with Gasteiger partial charge in [0, 0.05) is 24.9 Å². The van der Waals surface area contributed by atoms with Crippen LogP contribution < -0.4 is 9.47 Å². The molecular formula is C25H29N3O4. The maximum atomic E-state index is 13.3. The number of para-hydroxylation sites is 1. The van der Waals surface area contributed by atoms with E-state index in [4.69, 9.17) is 14.6 Å². The summed E-state index contributed by atoms with van der Waals surface area (Å²) in [6.07, 6.45) is 3.45. The van der Waals surface area contributed by atoms with Gasteiger partial charge in [-0.05, 0) is 48.7 Å². The molecule has 7 nitrogen and oxygen atoms in total. The highest BCUT2D eigenvalue weighted by molar-refractivity contribution is 6.03. The largest absolute Gasteiger partial charge is 0.497 e. The Balaban J connectivity index is 1.61. The molecule has 0 spiro atoms. The van der Waals surface area contributed by atoms with Gasteiger partial charge in [-0.1, -0.05) is 24.6 Å². The quantitative estimate of drug-likeness (QED) is 0.666. The first-order chi connectivity index (χ1) is 15.5. The molecule has 1 atom stereocenters. The van der Waals surface area contributed by atoms with Crippen LogP contribution in [-0.2, 0) is 9.59 Å². The van der Waals surface area contributed by atoms with Gasteiger partial charge in [0.2, 0.25) is 5.91 Å². The Morgan fingerprint density at radius 3 is 2.41 bits per heavy atom. The zero-order valence-corrected chi connectivity index (χ0v) is 18.8. The molecule has 2 aromatic carbocycles. The minimum absolute atomic E-state index is 0.000372. The first-order valence-corrected chi connectivity index (χ1v) is 10.9. The lowest BCUT2D eigenvalue weighted by atomic mass is 9.84. The van der Waals surface area contributed by atoms with Crippen molar-refractivity contribution in [3.63, 3.8) is 0 Å². The Kier molecular flexibility index (Phi) is 6.44. The van der Waals surface area contributed by atoms with Crippen molar-refractivity contribution in [1.29, 1.82) is 0 Å². The van der Waals surface area contributed by atoms with Crippen LogP contribution in [0.5, 0.6) is 11.5 Å². The fraction of sp³-hybridized carbons (Fsp3) is 0.400. The van der Waals surface area contributed by atoms with Crippen molar-refractivity contribution in [3.8, 4) is 11.5 Å². The minimum atomic E-state index is -0.303. The molecular weight excluding hydrogens is 406 g/mol. The first kappa shape index (κ1) is 21.9. The number of likely N-dealkylation sites (N-methyl/N-ethyl adjacent to an activating group) is 1. The van der Waals surface area contributed by atoms with Crippen LogP contribution in [0, 0.1) is 5.92 Å². The van der Waals surface area contributed by atoms with Gasteiger partial charge >= 0.3 is 0 Å². The summed E-state index contributed by atoms with van der Waals surface area (Å²) in [7, 11) is 4.94. The van der Waals surface area contributed by atoms with Crippen molar-refractivity contribution < 1.29 is 19.1 Å². The highest BCUT2D eigenvalue weighted by atomic mass is 16.5. The van der Waals surface area contributed by atoms with Crippen LogP contribution in [0.1, 0.15) is 42.9 Å². The van der Waals surface area contributed by atoms with Crippen molar-refractivity contribution in [2.45, 2.75) is 31.7 Å². The summed E-state index contributed by atoms with van der Waals surface area (Å²) in [5.74, 6) is 1.35. The number of benzene rings is 2. The van der Waals surface area contributed by atoms with Crippen LogP contribution in [0.3, 0.4) is 0 Å². The van der Waals surface area contributed by atoms with Crippen LogP contribution in [0.4, 0.5) is 0 Å². The summed E-state index contributed by atoms with van der Waals surface area (Å²) >= 11 is 0. The maximum absolute atomic E-state index is 13.3. The van der Waals surface area contributed by atoms with Gasteiger partial charge in [0.15, 0.2) is 0 Å². The van der Waals surface area contributed by atoms with Gasteiger partial charge in [0.05, 0.1) is 26.0 Å². The van der Waals surface area contributed by atoms with Gasteiger partial charge in [-0.2, -0.15) is 5.10 Å². The molecule has 7 heteroatoms. The predicted molar refractivity (Wildman–Crippen MR) is 122 cm³/mol. The lowest BCUT2D eigenvalue weighted by Gasteiger charge is -2.30. The van der Waals surface area contributed by atoms with Crippen LogP contribution in [-0.4, -0.2) is 55.2 Å². The van der Waals surface area contributed by atoms with Crippen molar-refractivity contribution in [2.24, 2.45) is 11.0 Å². The van der Waals surface area contributed by atoms with Gasteiger partial charge in [-0.15, -0.1) is 0 Å². The summed E-state index contributed by atoms with van der Waals surface area (Å²) in [6, 6.07) is 15.0. The third kappa shape index (κ3) is 4.33. The van der Waals surface area contributed by atoms with Crippen molar-refractivity contribution in [2.75, 3.05) is 27.8 Å². The average molecular weight is 436 g/mol. The highest BCUT2D eigenvalue weighted by Gasteiger charge is 2.36. The Hall–Kier alpha value is -3.35. The summed E-state index contributed by atoms with van der Waals surface area (Å²) in [4.78, 5) is 27.4. The van der Waals surface area contributed by atoms with Crippen molar-refractivity contribution >= 4 is 17.5 Å². The van der Waals surface area contributed by atoms with Crippen LogP contribution in [0.15, 0.2) is 53.6 Å². The van der Waals surface area contributed by atoms with Gasteiger partial charge in [-0.25, -0.2) is 5.01 Å². The standard InChI is InChI=1S/C25H29N3O4/c1-27(25(30)18-7-6-8-18)16-24(29)28-22(20-9-4-5-10-23(20)32-3)15-21(26-28)17-11-13-19(31-2)14-12-17/h4-5,9-14,18,22H,6-8,15-16H2,1-3H3. The second kappa shape index (κ2) is 9.42. The summed E-state index contributed by atoms with van der Waals surface area (Å²) in [5, 5.41) is 6.22. The van der Waals surface area contributed by atoms with Gasteiger partial charge in [0.1, 0.15) is 18.0 Å². The van der Waals surface area contributed by atoms with Gasteiger partial charge < -0.3 is 14.4 Å². The molecule has 168 valence electrons. The summed E-state index contributed by atoms with van der Waals surface area (Å²) in [5.41, 5.74) is 2.63. The molecule has 1 heterocycles. The van der Waals surface area contributed by atoms with Crippen molar-refractivity contribution in [1.82, 2.24) is 9.91 Å². The lowest BCUT2D eigenvalue weighted by Crippen LogP contribution is -2.42. The number of ether oxygens (including phenoxy) is 2. The van der Waals surface area contributed by atoms with E-state index in [1.807, 2.05) is 48.5 Å². The minimum Gasteiger partial charge on any atom is -0.497 e. The van der Waals surface area contributed by atoms with E-state index in [0.717, 1.165) is 41.9 Å². The number of carbonyl (C=O) groups is 2. The number of hydrogen-bond acceptors (Lipinski definition) is 5. The van der Waals surface area contributed by atoms with E-state index < -0.39 is 0 Å². The van der Waals surface area contributed by atoms with Gasteiger partial charge in [0.25, 0.3) is 5.91 Å². The predicted octanol–water partition coefficient (Wildman–Crippen LogP) is 3.64. The summed E-state index contributed by atoms with van der Waals surface area (Å²) in [6.45, 7) is 0.000372. The van der Waals surface area contributed by atoms with E-state index in [1.165, 1.54) is 9.91 Å². The molecule has 2 aliphatic rings. The van der Waals surface area contributed by atoms with E-state index >= 15 is 0 Å². The van der Waals surface area contributed by atoms with Crippen LogP contribution in [0.25, 0.3) is 0 Å². The molecule has 0 radical (unpaired) electrons. The second-order valence-electron chi connectivity index (χ2n) is 8.30. The van der Waals surface area contributed by atoms with Crippen molar-refractivity contribution in [3.05, 3.63) is 59.7 Å². The molecule has 2 aromatic rings. The molecule has 0 N–H and O–H groups in total. The highest BCUT2D eigenvalue weighted by Crippen LogP contribution is 2.37. The number of hydrazone groups is 1. The third-order valence-corrected chi connectivity index (χ3v) is 6.29. The molecule has 1 aliphatic carbocycles. The zero-order valence-electron chi connectivity index (χ0n) is 18.8. The number of amides is 2. The summed E-state index contributed by atoms with van der Waals surface area (Å²) < 4.78 is 10.8. The monoisotopic (exact) mass is 435 g/mol. The molecule has 32 heavy (non-hydrogen) atoms. The molecule has 4 rings (SSSR count). The zero-order chi connectivity index (χ0) is 22.7. The third-order valence-electron chi connectivity index (χ3n) is 6.29. The molecule has 2 amide bonds. The Morgan fingerprint density at radius 2 is 1.78 bits per heavy atom. The Labute approximate surface area is 188 Å². The average Bonchev–Trinajstić information content (AvgIpc) is 3.23. The Bertz CT molecular complexity index is 1010. The number of nitrogens with zero attached hydrogens (tertiary/aromatic N) is 3. The van der Waals surface area contributed by atoms with E-state index in [9.17, 15) is 9.59 Å². The fourth-order valence-electron chi connectivity index (χ4n) is 4.20. The Morgan fingerprint density at radius 1 is 1.06 bits per heavy atom. The van der Waals surface area contributed by atoms with E-state index in [0.29, 0.717) is 12.2 Å². The normalized spacial score (nSPS) is 18.0. The fourth-order valence-corrected chi connectivity index (χ4v) is 4.20. The second-order valence-corrected chi connectivity index (χ2v) is 8.30. The van der Waals surface area contributed by atoms with Gasteiger partial charge in [-0.3, -0.25) is 9.59 Å². The smallest absolute Gasteiger partial charge is 0.262 e. The molecule has 1 aliphatic heterocycles. The van der Waals surface area contributed by atoms with Crippen LogP contribution in [0.2, 0.25) is 0 Å². The molecule has 1 fully saturated rings. The maximum Gasteiger partial charge on any atom is 0.262 e. The molecule has 1 unspecified atom stereocenters. The number of methoxy groups -OCH3 is 2. The lowest BCUT2D eigenvalue weighted by molar-refractivity contribution is -0.144. The topological polar surface area (TPSA) is 71.4 Å². The van der Waals surface area contributed by atoms with E-state index in [1.54, 1.807) is 21.3 Å². The van der Waals surface area contributed by atoms with Crippen LogP contribution >= 0.6 is 0 Å². The van der Waals surface area contributed by atoms with E-state index in [2.05, 4.69) is 0 Å². The van der Waals surface area contributed by atoms with E-state index in [-0.39, 0.29) is 30.3 Å². The SMILES string of the molecule is COc1ccc(C2=NN(C(=O)CN(C)C(=O)C3CCC3)C(c3ccccc3OC)C2)cc1. The molecule has 0 saturated heterocycles.